The summed E-state index contributed by atoms with van der Waals surface area (Å²) in [5.74, 6) is 0.910. The SMILES string of the molecule is ClCc1nnnn1-c1ccccc1Br. The Bertz CT molecular complexity index is 442. The molecular formula is C8H6BrClN4. The van der Waals surface area contributed by atoms with Crippen LogP contribution in [0.5, 0.6) is 0 Å². The lowest BCUT2D eigenvalue weighted by molar-refractivity contribution is 0.774. The maximum Gasteiger partial charge on any atom is 0.171 e. The number of rotatable bonds is 2. The molecule has 2 rings (SSSR count). The van der Waals surface area contributed by atoms with E-state index in [1.54, 1.807) is 4.68 Å². The van der Waals surface area contributed by atoms with Crippen molar-refractivity contribution in [3.63, 3.8) is 0 Å². The molecule has 4 nitrogen and oxygen atoms in total. The Hall–Kier alpha value is -0.940. The first kappa shape index (κ1) is 9.61. The Morgan fingerprint density at radius 2 is 2.14 bits per heavy atom. The topological polar surface area (TPSA) is 43.6 Å². The van der Waals surface area contributed by atoms with E-state index in [1.807, 2.05) is 24.3 Å². The third kappa shape index (κ3) is 1.65. The number of aromatic nitrogens is 4. The fourth-order valence-corrected chi connectivity index (χ4v) is 1.72. The van der Waals surface area contributed by atoms with E-state index < -0.39 is 0 Å². The first-order valence-electron chi connectivity index (χ1n) is 3.91. The van der Waals surface area contributed by atoms with Gasteiger partial charge in [0, 0.05) is 4.47 Å². The highest BCUT2D eigenvalue weighted by atomic mass is 79.9. The molecule has 0 aliphatic carbocycles. The van der Waals surface area contributed by atoms with Crippen molar-refractivity contribution in [3.05, 3.63) is 34.6 Å². The van der Waals surface area contributed by atoms with Crippen molar-refractivity contribution < 1.29 is 0 Å². The van der Waals surface area contributed by atoms with Gasteiger partial charge in [-0.3, -0.25) is 0 Å². The van der Waals surface area contributed by atoms with Gasteiger partial charge in [-0.05, 0) is 38.5 Å². The summed E-state index contributed by atoms with van der Waals surface area (Å²) >= 11 is 9.12. The molecule has 0 saturated carbocycles. The molecular weight excluding hydrogens is 267 g/mol. The molecule has 2 aromatic rings. The molecule has 72 valence electrons. The van der Waals surface area contributed by atoms with E-state index in [0.717, 1.165) is 10.2 Å². The number of hydrogen-bond donors (Lipinski definition) is 0. The first-order chi connectivity index (χ1) is 6.83. The molecule has 0 aliphatic heterocycles. The van der Waals surface area contributed by atoms with Crippen molar-refractivity contribution in [2.24, 2.45) is 0 Å². The summed E-state index contributed by atoms with van der Waals surface area (Å²) in [4.78, 5) is 0. The maximum absolute atomic E-state index is 5.70. The largest absolute Gasteiger partial charge is 0.195 e. The average molecular weight is 274 g/mol. The van der Waals surface area contributed by atoms with Gasteiger partial charge in [0.25, 0.3) is 0 Å². The molecule has 0 unspecified atom stereocenters. The zero-order valence-electron chi connectivity index (χ0n) is 7.06. The Balaban J connectivity index is 2.54. The predicted octanol–water partition coefficient (Wildman–Crippen LogP) is 2.16. The molecule has 0 bridgehead atoms. The summed E-state index contributed by atoms with van der Waals surface area (Å²) in [6.07, 6.45) is 0. The van der Waals surface area contributed by atoms with E-state index in [2.05, 4.69) is 31.5 Å². The quantitative estimate of drug-likeness (QED) is 0.788. The van der Waals surface area contributed by atoms with Gasteiger partial charge >= 0.3 is 0 Å². The Morgan fingerprint density at radius 1 is 1.36 bits per heavy atom. The number of tetrazole rings is 1. The molecule has 0 saturated heterocycles. The van der Waals surface area contributed by atoms with Crippen LogP contribution < -0.4 is 0 Å². The van der Waals surface area contributed by atoms with Gasteiger partial charge in [-0.25, -0.2) is 0 Å². The van der Waals surface area contributed by atoms with Crippen LogP contribution in [-0.2, 0) is 5.88 Å². The zero-order valence-corrected chi connectivity index (χ0v) is 9.40. The van der Waals surface area contributed by atoms with Crippen LogP contribution in [0.1, 0.15) is 5.82 Å². The second-order valence-electron chi connectivity index (χ2n) is 2.59. The molecule has 6 heteroatoms. The summed E-state index contributed by atoms with van der Waals surface area (Å²) in [6.45, 7) is 0. The van der Waals surface area contributed by atoms with Gasteiger partial charge in [0.2, 0.25) is 0 Å². The summed E-state index contributed by atoms with van der Waals surface area (Å²) in [6, 6.07) is 7.68. The lowest BCUT2D eigenvalue weighted by Gasteiger charge is -2.03. The van der Waals surface area contributed by atoms with Crippen LogP contribution >= 0.6 is 27.5 Å². The van der Waals surface area contributed by atoms with Gasteiger partial charge in [0.05, 0.1) is 11.6 Å². The number of halogens is 2. The summed E-state index contributed by atoms with van der Waals surface area (Å²) < 4.78 is 2.54. The van der Waals surface area contributed by atoms with Gasteiger partial charge in [0.1, 0.15) is 0 Å². The predicted molar refractivity (Wildman–Crippen MR) is 56.4 cm³/mol. The second kappa shape index (κ2) is 4.06. The minimum atomic E-state index is 0.286. The molecule has 1 aromatic carbocycles. The van der Waals surface area contributed by atoms with Gasteiger partial charge in [-0.2, -0.15) is 4.68 Å². The van der Waals surface area contributed by atoms with Gasteiger partial charge in [-0.1, -0.05) is 12.1 Å². The molecule has 0 amide bonds. The van der Waals surface area contributed by atoms with Crippen LogP contribution in [0.15, 0.2) is 28.7 Å². The molecule has 0 aliphatic rings. The summed E-state index contributed by atoms with van der Waals surface area (Å²) in [7, 11) is 0. The van der Waals surface area contributed by atoms with Crippen molar-refractivity contribution in [2.75, 3.05) is 0 Å². The Labute approximate surface area is 94.0 Å². The maximum atomic E-state index is 5.70. The van der Waals surface area contributed by atoms with Gasteiger partial charge in [0.15, 0.2) is 5.82 Å². The molecule has 0 atom stereocenters. The Morgan fingerprint density at radius 3 is 2.86 bits per heavy atom. The van der Waals surface area contributed by atoms with Crippen LogP contribution in [-0.4, -0.2) is 20.2 Å². The van der Waals surface area contributed by atoms with E-state index in [1.165, 1.54) is 0 Å². The smallest absolute Gasteiger partial charge is 0.171 e. The second-order valence-corrected chi connectivity index (χ2v) is 3.71. The van der Waals surface area contributed by atoms with Gasteiger partial charge < -0.3 is 0 Å². The van der Waals surface area contributed by atoms with E-state index in [0.29, 0.717) is 5.82 Å². The molecule has 0 spiro atoms. The first-order valence-corrected chi connectivity index (χ1v) is 5.24. The highest BCUT2D eigenvalue weighted by molar-refractivity contribution is 9.10. The van der Waals surface area contributed by atoms with Crippen LogP contribution in [0, 0.1) is 0 Å². The molecule has 0 fully saturated rings. The number of benzene rings is 1. The average Bonchev–Trinajstić information content (AvgIpc) is 2.66. The third-order valence-corrected chi connectivity index (χ3v) is 2.64. The Kier molecular flexibility index (Phi) is 2.79. The summed E-state index contributed by atoms with van der Waals surface area (Å²) in [5.41, 5.74) is 0.883. The highest BCUT2D eigenvalue weighted by Crippen LogP contribution is 2.20. The lowest BCUT2D eigenvalue weighted by Crippen LogP contribution is -2.01. The standard InChI is InChI=1S/C8H6BrClN4/c9-6-3-1-2-4-7(6)14-8(5-10)11-12-13-14/h1-4H,5H2. The molecule has 1 heterocycles. The van der Waals surface area contributed by atoms with Crippen molar-refractivity contribution in [1.29, 1.82) is 0 Å². The molecule has 1 aromatic heterocycles. The highest BCUT2D eigenvalue weighted by Gasteiger charge is 2.08. The summed E-state index contributed by atoms with van der Waals surface area (Å²) in [5, 5.41) is 11.2. The van der Waals surface area contributed by atoms with Crippen molar-refractivity contribution in [1.82, 2.24) is 20.2 Å². The van der Waals surface area contributed by atoms with E-state index in [9.17, 15) is 0 Å². The van der Waals surface area contributed by atoms with E-state index in [-0.39, 0.29) is 5.88 Å². The van der Waals surface area contributed by atoms with Crippen molar-refractivity contribution in [2.45, 2.75) is 5.88 Å². The fraction of sp³-hybridized carbons (Fsp3) is 0.125. The fourth-order valence-electron chi connectivity index (χ4n) is 1.10. The van der Waals surface area contributed by atoms with E-state index in [4.69, 9.17) is 11.6 Å². The molecule has 0 radical (unpaired) electrons. The van der Waals surface area contributed by atoms with Crippen LogP contribution in [0.2, 0.25) is 0 Å². The number of para-hydroxylation sites is 1. The number of alkyl halides is 1. The van der Waals surface area contributed by atoms with Crippen molar-refractivity contribution >= 4 is 27.5 Å². The lowest BCUT2D eigenvalue weighted by atomic mass is 10.3. The molecule has 0 N–H and O–H groups in total. The number of hydrogen-bond acceptors (Lipinski definition) is 3. The minimum absolute atomic E-state index is 0.286. The molecule has 14 heavy (non-hydrogen) atoms. The monoisotopic (exact) mass is 272 g/mol. The minimum Gasteiger partial charge on any atom is -0.195 e. The van der Waals surface area contributed by atoms with Crippen LogP contribution in [0.4, 0.5) is 0 Å². The zero-order chi connectivity index (χ0) is 9.97. The van der Waals surface area contributed by atoms with E-state index >= 15 is 0 Å². The van der Waals surface area contributed by atoms with Crippen LogP contribution in [0.25, 0.3) is 5.69 Å². The van der Waals surface area contributed by atoms with Crippen LogP contribution in [0.3, 0.4) is 0 Å². The number of nitrogens with zero attached hydrogens (tertiary/aromatic N) is 4. The van der Waals surface area contributed by atoms with Gasteiger partial charge in [-0.15, -0.1) is 16.7 Å². The third-order valence-electron chi connectivity index (χ3n) is 1.73. The normalized spacial score (nSPS) is 10.4. The van der Waals surface area contributed by atoms with Crippen molar-refractivity contribution in [3.8, 4) is 5.69 Å².